The van der Waals surface area contributed by atoms with Gasteiger partial charge in [-0.05, 0) is 47.5 Å². The number of non-ortho nitro benzene ring substituents is 2. The number of aromatic nitrogens is 4. The van der Waals surface area contributed by atoms with Crippen molar-refractivity contribution >= 4 is 56.2 Å². The number of H-pyrrole nitrogens is 1. The Hall–Kier alpha value is -7.76. The fraction of sp³-hybridized carbons (Fsp3) is 0.0526. The molecule has 2 atom stereocenters. The summed E-state index contributed by atoms with van der Waals surface area (Å²) in [4.78, 5) is 50.7. The number of nitrogens with one attached hydrogen (secondary N) is 3. The summed E-state index contributed by atoms with van der Waals surface area (Å²) in [5, 5.41) is 54.8. The number of fused-ring (bicyclic) bond motifs is 2. The zero-order valence-electron chi connectivity index (χ0n) is 28.3. The number of benzene rings is 5. The van der Waals surface area contributed by atoms with E-state index in [1.54, 1.807) is 60.7 Å². The zero-order valence-corrected chi connectivity index (χ0v) is 28.3. The van der Waals surface area contributed by atoms with Gasteiger partial charge in [0, 0.05) is 24.3 Å². The first-order valence-corrected chi connectivity index (χ1v) is 16.5. The fourth-order valence-electron chi connectivity index (χ4n) is 5.55. The highest BCUT2D eigenvalue weighted by Crippen LogP contribution is 2.26. The van der Waals surface area contributed by atoms with Crippen LogP contribution >= 0.6 is 0 Å². The van der Waals surface area contributed by atoms with Crippen molar-refractivity contribution in [3.63, 3.8) is 0 Å². The van der Waals surface area contributed by atoms with E-state index >= 15 is 0 Å². The van der Waals surface area contributed by atoms with Gasteiger partial charge in [0.2, 0.25) is 0 Å². The van der Waals surface area contributed by atoms with Crippen LogP contribution in [0.3, 0.4) is 0 Å². The molecular weight excluding hydrogens is 708 g/mol. The average molecular weight is 737 g/mol. The Bertz CT molecular complexity index is 2670. The summed E-state index contributed by atoms with van der Waals surface area (Å²) in [5.74, 6) is 0. The van der Waals surface area contributed by atoms with Crippen molar-refractivity contribution < 1.29 is 20.1 Å². The third-order valence-corrected chi connectivity index (χ3v) is 8.37. The second-order valence-corrected chi connectivity index (χ2v) is 12.0. The first-order valence-electron chi connectivity index (χ1n) is 16.5. The molecule has 0 saturated heterocycles. The molecule has 5 N–H and O–H groups in total. The third-order valence-electron chi connectivity index (χ3n) is 8.37. The molecule has 5 aromatic carbocycles. The molecule has 7 rings (SSSR count). The predicted octanol–water partition coefficient (Wildman–Crippen LogP) is 5.78. The van der Waals surface area contributed by atoms with Crippen LogP contribution in [0.25, 0.3) is 22.1 Å². The number of hydrogen-bond acceptors (Lipinski definition) is 14. The van der Waals surface area contributed by atoms with Crippen LogP contribution in [-0.4, -0.2) is 51.4 Å². The van der Waals surface area contributed by atoms with Crippen LogP contribution in [0.5, 0.6) is 0 Å². The molecule has 2 aromatic heterocycles. The first kappa shape index (κ1) is 35.6. The Balaban J connectivity index is 1.23. The lowest BCUT2D eigenvalue weighted by Crippen LogP contribution is -2.26. The van der Waals surface area contributed by atoms with Crippen LogP contribution in [0.4, 0.5) is 22.7 Å². The van der Waals surface area contributed by atoms with Crippen molar-refractivity contribution in [2.75, 3.05) is 10.9 Å². The summed E-state index contributed by atoms with van der Waals surface area (Å²) in [6.45, 7) is 0. The Morgan fingerprint density at radius 2 is 1.18 bits per heavy atom. The van der Waals surface area contributed by atoms with E-state index in [1.165, 1.54) is 54.7 Å². The number of hydrogen-bond donors (Lipinski definition) is 5. The summed E-state index contributed by atoms with van der Waals surface area (Å²) < 4.78 is 0. The molecule has 2 heterocycles. The van der Waals surface area contributed by atoms with Crippen LogP contribution in [0, 0.1) is 20.2 Å². The number of nitro groups is 2. The van der Waals surface area contributed by atoms with Crippen molar-refractivity contribution in [1.29, 1.82) is 0 Å². The van der Waals surface area contributed by atoms with Crippen LogP contribution in [0.15, 0.2) is 143 Å². The smallest absolute Gasteiger partial charge is 0.276 e. The molecule has 17 nitrogen and oxygen atoms in total. The molecule has 2 unspecified atom stereocenters. The van der Waals surface area contributed by atoms with E-state index < -0.39 is 27.6 Å². The minimum absolute atomic E-state index is 0.0753. The minimum Gasteiger partial charge on any atom is -0.382 e. The zero-order chi connectivity index (χ0) is 38.5. The van der Waals surface area contributed by atoms with Crippen LogP contribution in [0.2, 0.25) is 0 Å². The lowest BCUT2D eigenvalue weighted by Gasteiger charge is -2.17. The summed E-state index contributed by atoms with van der Waals surface area (Å²) in [7, 11) is 0. The van der Waals surface area contributed by atoms with Gasteiger partial charge in [0.15, 0.2) is 5.69 Å². The summed E-state index contributed by atoms with van der Waals surface area (Å²) >= 11 is 0. The molecule has 7 aromatic rings. The molecule has 55 heavy (non-hydrogen) atoms. The van der Waals surface area contributed by atoms with Gasteiger partial charge in [-0.1, -0.05) is 60.7 Å². The molecule has 0 spiro atoms. The van der Waals surface area contributed by atoms with E-state index in [9.17, 15) is 35.2 Å². The van der Waals surface area contributed by atoms with Gasteiger partial charge in [0.05, 0.1) is 49.5 Å². The van der Waals surface area contributed by atoms with Crippen molar-refractivity contribution in [3.05, 3.63) is 181 Å². The number of para-hydroxylation sites is 2. The highest BCUT2D eigenvalue weighted by atomic mass is 16.6. The third kappa shape index (κ3) is 7.87. The monoisotopic (exact) mass is 736 g/mol. The topological polar surface area (TPSA) is 247 Å². The molecular formula is C38H28N10O7. The van der Waals surface area contributed by atoms with Crippen LogP contribution in [-0.2, 0) is 0 Å². The number of aromatic amines is 1. The van der Waals surface area contributed by atoms with E-state index in [2.05, 4.69) is 41.0 Å². The number of anilines is 2. The Morgan fingerprint density at radius 3 is 1.76 bits per heavy atom. The van der Waals surface area contributed by atoms with Gasteiger partial charge in [0.25, 0.3) is 16.9 Å². The quantitative estimate of drug-likeness (QED) is 0.0569. The average Bonchev–Trinajstić information content (AvgIpc) is 3.21. The summed E-state index contributed by atoms with van der Waals surface area (Å²) in [5.41, 5.74) is 7.30. The van der Waals surface area contributed by atoms with Gasteiger partial charge in [-0.3, -0.25) is 40.9 Å². The standard InChI is InChI=1S/C38H28N10O7/c49-36(33(45-43-24-7-3-1-4-8-24)32-21-39-30-19-26(47(52)53)15-17-28(30)40-32)22-11-13-23(14-12-22)37(50)34(46-44-25-9-5-2-6-10-25)35-38(51)42-31-20-27(48(54)55)16-18-29(31)41-35/h1-21,36-37,43-44,49-50H,(H,42,51)/b45-33+,46-34+. The second-order valence-electron chi connectivity index (χ2n) is 12.0. The van der Waals surface area contributed by atoms with Gasteiger partial charge in [0.1, 0.15) is 29.3 Å². The van der Waals surface area contributed by atoms with Gasteiger partial charge < -0.3 is 15.2 Å². The number of hydrazone groups is 2. The summed E-state index contributed by atoms with van der Waals surface area (Å²) in [6, 6.07) is 31.9. The van der Waals surface area contributed by atoms with Crippen LogP contribution in [0.1, 0.15) is 34.7 Å². The first-order chi connectivity index (χ1) is 26.6. The Morgan fingerprint density at radius 1 is 0.655 bits per heavy atom. The maximum atomic E-state index is 13.3. The molecule has 0 aliphatic carbocycles. The van der Waals surface area contributed by atoms with Crippen LogP contribution < -0.4 is 16.4 Å². The highest BCUT2D eigenvalue weighted by Gasteiger charge is 2.25. The predicted molar refractivity (Wildman–Crippen MR) is 205 cm³/mol. The van der Waals surface area contributed by atoms with Gasteiger partial charge >= 0.3 is 0 Å². The van der Waals surface area contributed by atoms with Crippen molar-refractivity contribution in [3.8, 4) is 0 Å². The molecule has 0 saturated carbocycles. The van der Waals surface area contributed by atoms with E-state index in [0.717, 1.165) is 0 Å². The number of nitro benzene ring substituents is 2. The largest absolute Gasteiger partial charge is 0.382 e. The van der Waals surface area contributed by atoms with Crippen molar-refractivity contribution in [1.82, 2.24) is 19.9 Å². The second kappa shape index (κ2) is 15.5. The molecule has 0 aliphatic rings. The molecule has 0 fully saturated rings. The van der Waals surface area contributed by atoms with Gasteiger partial charge in [-0.2, -0.15) is 10.2 Å². The molecule has 272 valence electrons. The lowest BCUT2D eigenvalue weighted by molar-refractivity contribution is -0.384. The molecule has 0 aliphatic heterocycles. The SMILES string of the molecule is O=c1[nH]c2cc([N+](=O)[O-])ccc2nc1/C(=N\Nc1ccccc1)C(O)c1ccc(C(O)/C(=N/Nc2ccccc2)c2cnc3cc([N+](=O)[O-])ccc3n2)cc1. The molecule has 0 radical (unpaired) electrons. The highest BCUT2D eigenvalue weighted by molar-refractivity contribution is 6.05. The Kier molecular flexibility index (Phi) is 10.0. The normalized spacial score (nSPS) is 13.0. The van der Waals surface area contributed by atoms with Crippen molar-refractivity contribution in [2.45, 2.75) is 12.2 Å². The molecule has 17 heteroatoms. The number of rotatable bonds is 12. The van der Waals surface area contributed by atoms with E-state index in [0.29, 0.717) is 22.5 Å². The molecule has 0 amide bonds. The van der Waals surface area contributed by atoms with Crippen molar-refractivity contribution in [2.24, 2.45) is 10.2 Å². The van der Waals surface area contributed by atoms with E-state index in [1.807, 2.05) is 12.1 Å². The van der Waals surface area contributed by atoms with Gasteiger partial charge in [-0.15, -0.1) is 0 Å². The Labute approximate surface area is 309 Å². The number of aliphatic hydroxyl groups is 2. The maximum absolute atomic E-state index is 13.3. The lowest BCUT2D eigenvalue weighted by atomic mass is 9.97. The minimum atomic E-state index is -1.52. The number of nitrogens with zero attached hydrogens (tertiary/aromatic N) is 7. The molecule has 0 bridgehead atoms. The number of aliphatic hydroxyl groups excluding tert-OH is 2. The fourth-order valence-corrected chi connectivity index (χ4v) is 5.55. The van der Waals surface area contributed by atoms with E-state index in [4.69, 9.17) is 0 Å². The summed E-state index contributed by atoms with van der Waals surface area (Å²) in [6.07, 6.45) is -1.54. The maximum Gasteiger partial charge on any atom is 0.276 e. The van der Waals surface area contributed by atoms with Gasteiger partial charge in [-0.25, -0.2) is 9.97 Å². The van der Waals surface area contributed by atoms with E-state index in [-0.39, 0.29) is 56.3 Å².